The van der Waals surface area contributed by atoms with Crippen LogP contribution in [-0.4, -0.2) is 5.91 Å². The minimum Gasteiger partial charge on any atom is -0.321 e. The Kier molecular flexibility index (Phi) is 4.63. The normalized spacial score (nSPS) is 11.3. The standard InChI is InChI=1S/C14H9BrF3NOS/c15-11-6-5-8(21)7-9(11)13(20)19-12-4-2-1-3-10(12)14(16,17)18/h1-7,21H,(H,19,20). The van der Waals surface area contributed by atoms with Crippen LogP contribution in [0, 0.1) is 0 Å². The van der Waals surface area contributed by atoms with Crippen LogP contribution < -0.4 is 5.32 Å². The molecule has 110 valence electrons. The van der Waals surface area contributed by atoms with Crippen LogP contribution >= 0.6 is 28.6 Å². The van der Waals surface area contributed by atoms with Gasteiger partial charge in [0.05, 0.1) is 16.8 Å². The zero-order chi connectivity index (χ0) is 15.6. The Hall–Kier alpha value is -1.47. The van der Waals surface area contributed by atoms with E-state index in [1.807, 2.05) is 0 Å². The van der Waals surface area contributed by atoms with Crippen LogP contribution in [0.3, 0.4) is 0 Å². The minimum atomic E-state index is -4.54. The molecule has 0 spiro atoms. The van der Waals surface area contributed by atoms with Crippen LogP contribution in [0.25, 0.3) is 0 Å². The predicted octanol–water partition coefficient (Wildman–Crippen LogP) is 5.01. The molecule has 2 nitrogen and oxygen atoms in total. The smallest absolute Gasteiger partial charge is 0.321 e. The molecular formula is C14H9BrF3NOS. The average molecular weight is 376 g/mol. The molecule has 0 saturated carbocycles. The summed E-state index contributed by atoms with van der Waals surface area (Å²) in [7, 11) is 0. The number of hydrogen-bond donors (Lipinski definition) is 2. The third-order valence-corrected chi connectivity index (χ3v) is 3.64. The van der Waals surface area contributed by atoms with Crippen molar-refractivity contribution in [3.05, 3.63) is 58.1 Å². The SMILES string of the molecule is O=C(Nc1ccccc1C(F)(F)F)c1cc(S)ccc1Br. The average Bonchev–Trinajstić information content (AvgIpc) is 2.41. The summed E-state index contributed by atoms with van der Waals surface area (Å²) in [6.07, 6.45) is -4.54. The first-order chi connectivity index (χ1) is 9.79. The van der Waals surface area contributed by atoms with Crippen LogP contribution in [-0.2, 0) is 6.18 Å². The zero-order valence-electron chi connectivity index (χ0n) is 10.4. The number of benzene rings is 2. The summed E-state index contributed by atoms with van der Waals surface area (Å²) in [5, 5.41) is 2.28. The number of amides is 1. The number of carbonyl (C=O) groups excluding carboxylic acids is 1. The molecule has 21 heavy (non-hydrogen) atoms. The first-order valence-electron chi connectivity index (χ1n) is 5.75. The fourth-order valence-electron chi connectivity index (χ4n) is 1.72. The third kappa shape index (κ3) is 3.79. The van der Waals surface area contributed by atoms with Crippen molar-refractivity contribution in [1.82, 2.24) is 0 Å². The van der Waals surface area contributed by atoms with Crippen molar-refractivity contribution in [1.29, 1.82) is 0 Å². The van der Waals surface area contributed by atoms with E-state index in [9.17, 15) is 18.0 Å². The molecule has 0 radical (unpaired) electrons. The first kappa shape index (κ1) is 15.9. The predicted molar refractivity (Wildman–Crippen MR) is 80.8 cm³/mol. The van der Waals surface area contributed by atoms with Crippen LogP contribution in [0.2, 0.25) is 0 Å². The maximum Gasteiger partial charge on any atom is 0.418 e. The number of hydrogen-bond acceptors (Lipinski definition) is 2. The molecule has 0 aliphatic rings. The monoisotopic (exact) mass is 375 g/mol. The van der Waals surface area contributed by atoms with Crippen LogP contribution in [0.15, 0.2) is 51.8 Å². The summed E-state index contributed by atoms with van der Waals surface area (Å²) in [5.74, 6) is -0.644. The summed E-state index contributed by atoms with van der Waals surface area (Å²) in [6, 6.07) is 9.55. The van der Waals surface area contributed by atoms with Gasteiger partial charge >= 0.3 is 6.18 Å². The van der Waals surface area contributed by atoms with Gasteiger partial charge < -0.3 is 5.32 Å². The van der Waals surface area contributed by atoms with Crippen molar-refractivity contribution in [3.63, 3.8) is 0 Å². The Morgan fingerprint density at radius 3 is 2.48 bits per heavy atom. The Bertz CT molecular complexity index is 688. The molecule has 0 bridgehead atoms. The highest BCUT2D eigenvalue weighted by Gasteiger charge is 2.33. The van der Waals surface area contributed by atoms with E-state index in [1.165, 1.54) is 24.3 Å². The second-order valence-electron chi connectivity index (χ2n) is 4.16. The van der Waals surface area contributed by atoms with E-state index in [4.69, 9.17) is 0 Å². The summed E-state index contributed by atoms with van der Waals surface area (Å²) in [4.78, 5) is 12.7. The minimum absolute atomic E-state index is 0.208. The largest absolute Gasteiger partial charge is 0.418 e. The fraction of sp³-hybridized carbons (Fsp3) is 0.0714. The highest BCUT2D eigenvalue weighted by molar-refractivity contribution is 9.10. The second kappa shape index (κ2) is 6.11. The van der Waals surface area contributed by atoms with E-state index in [-0.39, 0.29) is 11.3 Å². The highest BCUT2D eigenvalue weighted by Crippen LogP contribution is 2.35. The lowest BCUT2D eigenvalue weighted by molar-refractivity contribution is -0.136. The lowest BCUT2D eigenvalue weighted by atomic mass is 10.1. The van der Waals surface area contributed by atoms with Crippen LogP contribution in [0.1, 0.15) is 15.9 Å². The molecule has 1 amide bonds. The summed E-state index contributed by atoms with van der Waals surface area (Å²) in [5.41, 5.74) is -0.970. The van der Waals surface area contributed by atoms with Gasteiger partial charge in [0, 0.05) is 9.37 Å². The van der Waals surface area contributed by atoms with Gasteiger partial charge in [-0.3, -0.25) is 4.79 Å². The topological polar surface area (TPSA) is 29.1 Å². The summed E-state index contributed by atoms with van der Waals surface area (Å²) in [6.45, 7) is 0. The van der Waals surface area contributed by atoms with Crippen LogP contribution in [0.4, 0.5) is 18.9 Å². The number of rotatable bonds is 2. The van der Waals surface area contributed by atoms with Crippen molar-refractivity contribution < 1.29 is 18.0 Å². The van der Waals surface area contributed by atoms with E-state index < -0.39 is 17.6 Å². The van der Waals surface area contributed by atoms with Gasteiger partial charge in [0.15, 0.2) is 0 Å². The molecule has 0 aromatic heterocycles. The van der Waals surface area contributed by atoms with Gasteiger partial charge in [-0.1, -0.05) is 12.1 Å². The maximum absolute atomic E-state index is 12.9. The van der Waals surface area contributed by atoms with Gasteiger partial charge in [0.1, 0.15) is 0 Å². The molecule has 0 aliphatic carbocycles. The Morgan fingerprint density at radius 1 is 1.14 bits per heavy atom. The lowest BCUT2D eigenvalue weighted by Gasteiger charge is -2.14. The quantitative estimate of drug-likeness (QED) is 0.709. The number of alkyl halides is 3. The molecule has 0 aliphatic heterocycles. The fourth-order valence-corrected chi connectivity index (χ4v) is 2.35. The summed E-state index contributed by atoms with van der Waals surface area (Å²) < 4.78 is 39.1. The molecule has 0 saturated heterocycles. The molecule has 1 N–H and O–H groups in total. The maximum atomic E-state index is 12.9. The Labute approximate surface area is 132 Å². The van der Waals surface area contributed by atoms with E-state index in [0.717, 1.165) is 6.07 Å². The van der Waals surface area contributed by atoms with Gasteiger partial charge in [0.25, 0.3) is 5.91 Å². The molecule has 7 heteroatoms. The third-order valence-electron chi connectivity index (χ3n) is 2.68. The molecule has 2 aromatic rings. The number of anilines is 1. The van der Waals surface area contributed by atoms with Gasteiger partial charge in [-0.05, 0) is 46.3 Å². The number of nitrogens with one attached hydrogen (secondary N) is 1. The van der Waals surface area contributed by atoms with Crippen molar-refractivity contribution >= 4 is 40.2 Å². The van der Waals surface area contributed by atoms with Gasteiger partial charge in [-0.25, -0.2) is 0 Å². The van der Waals surface area contributed by atoms with Gasteiger partial charge in [0.2, 0.25) is 0 Å². The highest BCUT2D eigenvalue weighted by atomic mass is 79.9. The van der Waals surface area contributed by atoms with Gasteiger partial charge in [-0.15, -0.1) is 12.6 Å². The van der Waals surface area contributed by atoms with E-state index >= 15 is 0 Å². The van der Waals surface area contributed by atoms with E-state index in [0.29, 0.717) is 9.37 Å². The molecule has 0 heterocycles. The molecule has 0 atom stereocenters. The molecule has 2 aromatic carbocycles. The molecule has 2 rings (SSSR count). The van der Waals surface area contributed by atoms with Crippen LogP contribution in [0.5, 0.6) is 0 Å². The number of carbonyl (C=O) groups is 1. The lowest BCUT2D eigenvalue weighted by Crippen LogP contribution is -2.17. The Morgan fingerprint density at radius 2 is 1.81 bits per heavy atom. The van der Waals surface area contributed by atoms with E-state index in [1.54, 1.807) is 12.1 Å². The van der Waals surface area contributed by atoms with Crippen molar-refractivity contribution in [2.24, 2.45) is 0 Å². The number of thiol groups is 1. The van der Waals surface area contributed by atoms with E-state index in [2.05, 4.69) is 33.9 Å². The molecule has 0 fully saturated rings. The molecule has 0 unspecified atom stereocenters. The zero-order valence-corrected chi connectivity index (χ0v) is 12.9. The molecular weight excluding hydrogens is 367 g/mol. The Balaban J connectivity index is 2.35. The first-order valence-corrected chi connectivity index (χ1v) is 6.99. The van der Waals surface area contributed by atoms with Gasteiger partial charge in [-0.2, -0.15) is 13.2 Å². The van der Waals surface area contributed by atoms with Crippen molar-refractivity contribution in [2.45, 2.75) is 11.1 Å². The number of halogens is 4. The van der Waals surface area contributed by atoms with Crippen molar-refractivity contribution in [2.75, 3.05) is 5.32 Å². The van der Waals surface area contributed by atoms with Crippen molar-refractivity contribution in [3.8, 4) is 0 Å². The second-order valence-corrected chi connectivity index (χ2v) is 5.53. The number of para-hydroxylation sites is 1. The summed E-state index contributed by atoms with van der Waals surface area (Å²) >= 11 is 7.29.